The number of carbonyl (C=O) groups excluding carboxylic acids is 1. The average Bonchev–Trinajstić information content (AvgIpc) is 2.93. The summed E-state index contributed by atoms with van der Waals surface area (Å²) in [6.45, 7) is 4.55. The fourth-order valence-electron chi connectivity index (χ4n) is 3.97. The van der Waals surface area contributed by atoms with Gasteiger partial charge in [0.1, 0.15) is 17.6 Å². The molecule has 3 heterocycles. The number of benzene rings is 1. The standard InChI is InChI=1S/C25H31N7O4/c1-16(25(34)35-3)31(2)18-6-4-17(5-7-18)19-15-28-23(26)22(29-19)24(33)30-20-14-27-9-8-21(20)32-10-12-36-13-11-32/h4-9,14-16,24,30,33H,10-13H2,1-3H3,(H2,26,28)/t16-,24?/m0/s1. The lowest BCUT2D eigenvalue weighted by Gasteiger charge is -2.31. The number of nitrogens with zero attached hydrogens (tertiary/aromatic N) is 5. The van der Waals surface area contributed by atoms with Crippen molar-refractivity contribution in [2.24, 2.45) is 0 Å². The maximum Gasteiger partial charge on any atom is 0.328 e. The first-order chi connectivity index (χ1) is 17.4. The highest BCUT2D eigenvalue weighted by Gasteiger charge is 2.21. The van der Waals surface area contributed by atoms with Crippen LogP contribution in [-0.4, -0.2) is 72.5 Å². The third-order valence-corrected chi connectivity index (χ3v) is 6.22. The molecule has 11 heteroatoms. The number of rotatable bonds is 8. The van der Waals surface area contributed by atoms with Crippen molar-refractivity contribution < 1.29 is 19.4 Å². The predicted molar refractivity (Wildman–Crippen MR) is 138 cm³/mol. The first-order valence-corrected chi connectivity index (χ1v) is 11.6. The number of aromatic nitrogens is 3. The van der Waals surface area contributed by atoms with Gasteiger partial charge in [0.15, 0.2) is 6.23 Å². The summed E-state index contributed by atoms with van der Waals surface area (Å²) >= 11 is 0. The Morgan fingerprint density at radius 3 is 2.64 bits per heavy atom. The van der Waals surface area contributed by atoms with Gasteiger partial charge in [0.2, 0.25) is 0 Å². The molecule has 2 aromatic heterocycles. The smallest absolute Gasteiger partial charge is 0.328 e. The maximum atomic E-state index is 11.9. The fourth-order valence-corrected chi connectivity index (χ4v) is 3.97. The molecule has 2 atom stereocenters. The van der Waals surface area contributed by atoms with Gasteiger partial charge in [-0.3, -0.25) is 4.98 Å². The molecule has 4 rings (SSSR count). The van der Waals surface area contributed by atoms with Crippen molar-refractivity contribution in [2.75, 3.05) is 61.3 Å². The molecule has 1 fully saturated rings. The van der Waals surface area contributed by atoms with Crippen LogP contribution in [0.15, 0.2) is 48.9 Å². The molecule has 0 radical (unpaired) electrons. The SMILES string of the molecule is COC(=O)[C@H](C)N(C)c1ccc(-c2cnc(N)c(C(O)Nc3cnccc3N3CCOCC3)n2)cc1. The predicted octanol–water partition coefficient (Wildman–Crippen LogP) is 2.06. The minimum Gasteiger partial charge on any atom is -0.467 e. The number of carbonyl (C=O) groups is 1. The molecule has 1 saturated heterocycles. The molecule has 0 aliphatic carbocycles. The topological polar surface area (TPSA) is 139 Å². The van der Waals surface area contributed by atoms with E-state index in [4.69, 9.17) is 15.2 Å². The molecule has 1 unspecified atom stereocenters. The Morgan fingerprint density at radius 2 is 1.94 bits per heavy atom. The Morgan fingerprint density at radius 1 is 1.22 bits per heavy atom. The summed E-state index contributed by atoms with van der Waals surface area (Å²) in [6, 6.07) is 8.97. The minimum atomic E-state index is -1.20. The first-order valence-electron chi connectivity index (χ1n) is 11.6. The molecule has 0 spiro atoms. The lowest BCUT2D eigenvalue weighted by molar-refractivity contribution is -0.141. The van der Waals surface area contributed by atoms with Crippen molar-refractivity contribution in [3.8, 4) is 11.3 Å². The number of pyridine rings is 1. The Balaban J connectivity index is 1.53. The summed E-state index contributed by atoms with van der Waals surface area (Å²) in [6.07, 6.45) is 3.73. The first kappa shape index (κ1) is 25.1. The largest absolute Gasteiger partial charge is 0.467 e. The third-order valence-electron chi connectivity index (χ3n) is 6.22. The summed E-state index contributed by atoms with van der Waals surface area (Å²) in [4.78, 5) is 28.9. The van der Waals surface area contributed by atoms with Crippen LogP contribution < -0.4 is 20.9 Å². The van der Waals surface area contributed by atoms with Gasteiger partial charge >= 0.3 is 5.97 Å². The second-order valence-electron chi connectivity index (χ2n) is 8.42. The number of likely N-dealkylation sites (N-methyl/N-ethyl adjacent to an activating group) is 1. The van der Waals surface area contributed by atoms with Crippen LogP contribution in [0.25, 0.3) is 11.3 Å². The van der Waals surface area contributed by atoms with E-state index in [9.17, 15) is 9.90 Å². The molecule has 36 heavy (non-hydrogen) atoms. The van der Waals surface area contributed by atoms with Crippen LogP contribution in [-0.2, 0) is 14.3 Å². The lowest BCUT2D eigenvalue weighted by Crippen LogP contribution is -2.36. The van der Waals surface area contributed by atoms with Gasteiger partial charge in [0.25, 0.3) is 0 Å². The van der Waals surface area contributed by atoms with Crippen LogP contribution in [0.3, 0.4) is 0 Å². The van der Waals surface area contributed by atoms with Gasteiger partial charge in [0.05, 0.1) is 49.8 Å². The van der Waals surface area contributed by atoms with Crippen LogP contribution in [0.2, 0.25) is 0 Å². The quantitative estimate of drug-likeness (QED) is 0.314. The summed E-state index contributed by atoms with van der Waals surface area (Å²) in [5, 5.41) is 14.1. The fraction of sp³-hybridized carbons (Fsp3) is 0.360. The zero-order valence-corrected chi connectivity index (χ0v) is 20.6. The van der Waals surface area contributed by atoms with Crippen molar-refractivity contribution >= 4 is 28.8 Å². The molecule has 1 aromatic carbocycles. The van der Waals surface area contributed by atoms with Crippen molar-refractivity contribution in [3.63, 3.8) is 0 Å². The number of hydrogen-bond donors (Lipinski definition) is 3. The van der Waals surface area contributed by atoms with Gasteiger partial charge in [0, 0.05) is 37.6 Å². The molecule has 11 nitrogen and oxygen atoms in total. The number of nitrogens with one attached hydrogen (secondary N) is 1. The average molecular weight is 494 g/mol. The highest BCUT2D eigenvalue weighted by Crippen LogP contribution is 2.30. The van der Waals surface area contributed by atoms with E-state index in [2.05, 4.69) is 25.2 Å². The van der Waals surface area contributed by atoms with E-state index in [0.29, 0.717) is 24.6 Å². The summed E-state index contributed by atoms with van der Waals surface area (Å²) in [7, 11) is 3.19. The monoisotopic (exact) mass is 493 g/mol. The molecule has 3 aromatic rings. The van der Waals surface area contributed by atoms with Crippen molar-refractivity contribution in [1.29, 1.82) is 0 Å². The van der Waals surface area contributed by atoms with E-state index < -0.39 is 12.3 Å². The van der Waals surface area contributed by atoms with E-state index in [1.165, 1.54) is 7.11 Å². The number of methoxy groups -OCH3 is 1. The zero-order valence-electron chi connectivity index (χ0n) is 20.6. The van der Waals surface area contributed by atoms with Crippen molar-refractivity contribution in [1.82, 2.24) is 15.0 Å². The molecule has 0 amide bonds. The van der Waals surface area contributed by atoms with E-state index in [1.54, 1.807) is 25.5 Å². The summed E-state index contributed by atoms with van der Waals surface area (Å²) in [5.41, 5.74) is 10.0. The van der Waals surface area contributed by atoms with E-state index >= 15 is 0 Å². The van der Waals surface area contributed by atoms with E-state index in [-0.39, 0.29) is 17.5 Å². The van der Waals surface area contributed by atoms with Crippen LogP contribution in [0.1, 0.15) is 18.8 Å². The van der Waals surface area contributed by atoms with Gasteiger partial charge in [-0.25, -0.2) is 14.8 Å². The second-order valence-corrected chi connectivity index (χ2v) is 8.42. The number of morpholine rings is 1. The number of aliphatic hydroxyl groups excluding tert-OH is 1. The Hall–Kier alpha value is -3.96. The number of nitrogen functional groups attached to an aromatic ring is 1. The van der Waals surface area contributed by atoms with Crippen LogP contribution in [0.4, 0.5) is 22.9 Å². The number of aliphatic hydroxyl groups is 1. The van der Waals surface area contributed by atoms with Crippen LogP contribution >= 0.6 is 0 Å². The Kier molecular flexibility index (Phi) is 7.81. The Bertz CT molecular complexity index is 1190. The van der Waals surface area contributed by atoms with Gasteiger partial charge in [-0.15, -0.1) is 0 Å². The number of esters is 1. The molecule has 190 valence electrons. The highest BCUT2D eigenvalue weighted by molar-refractivity contribution is 5.79. The number of ether oxygens (including phenoxy) is 2. The summed E-state index contributed by atoms with van der Waals surface area (Å²) in [5.74, 6) is -0.193. The van der Waals surface area contributed by atoms with Crippen molar-refractivity contribution in [3.05, 3.63) is 54.6 Å². The van der Waals surface area contributed by atoms with Gasteiger partial charge in [-0.2, -0.15) is 0 Å². The zero-order chi connectivity index (χ0) is 25.7. The van der Waals surface area contributed by atoms with Crippen molar-refractivity contribution in [2.45, 2.75) is 19.2 Å². The maximum absolute atomic E-state index is 11.9. The van der Waals surface area contributed by atoms with Gasteiger partial charge in [-0.1, -0.05) is 12.1 Å². The molecule has 1 aliphatic heterocycles. The van der Waals surface area contributed by atoms with E-state index in [1.807, 2.05) is 42.3 Å². The molecule has 0 saturated carbocycles. The second kappa shape index (κ2) is 11.2. The Labute approximate surface area is 209 Å². The van der Waals surface area contributed by atoms with E-state index in [0.717, 1.165) is 30.0 Å². The van der Waals surface area contributed by atoms with Gasteiger partial charge < -0.3 is 35.4 Å². The highest BCUT2D eigenvalue weighted by atomic mass is 16.5. The molecule has 0 bridgehead atoms. The minimum absolute atomic E-state index is 0.124. The molecule has 4 N–H and O–H groups in total. The van der Waals surface area contributed by atoms with Crippen LogP contribution in [0.5, 0.6) is 0 Å². The molecule has 1 aliphatic rings. The third kappa shape index (κ3) is 5.47. The number of hydrogen-bond acceptors (Lipinski definition) is 11. The number of anilines is 4. The van der Waals surface area contributed by atoms with Gasteiger partial charge in [-0.05, 0) is 25.1 Å². The molecular formula is C25H31N7O4. The lowest BCUT2D eigenvalue weighted by atomic mass is 10.1. The molecular weight excluding hydrogens is 462 g/mol. The normalized spacial score (nSPS) is 15.2. The van der Waals surface area contributed by atoms with Crippen LogP contribution in [0, 0.1) is 0 Å². The number of nitrogens with two attached hydrogens (primary N) is 1. The summed E-state index contributed by atoms with van der Waals surface area (Å²) < 4.78 is 10.3.